The molecule has 0 bridgehead atoms. The molecule has 1 amide bonds. The second-order valence-corrected chi connectivity index (χ2v) is 1.79. The summed E-state index contributed by atoms with van der Waals surface area (Å²) in [5.74, 6) is -0.592. The number of methoxy groups -OCH3 is 1. The Bertz CT molecular complexity index is 274. The zero-order valence-electron chi connectivity index (χ0n) is 5.94. The van der Waals surface area contributed by atoms with E-state index in [-0.39, 0.29) is 11.7 Å². The van der Waals surface area contributed by atoms with Gasteiger partial charge in [0.1, 0.15) is 5.69 Å². The van der Waals surface area contributed by atoms with Gasteiger partial charge in [0.05, 0.1) is 7.11 Å². The van der Waals surface area contributed by atoms with E-state index >= 15 is 0 Å². The molecule has 0 fully saturated rings. The molecule has 58 valence electrons. The van der Waals surface area contributed by atoms with E-state index in [9.17, 15) is 4.79 Å². The van der Waals surface area contributed by atoms with E-state index in [1.165, 1.54) is 19.4 Å². The van der Waals surface area contributed by atoms with Gasteiger partial charge in [0.15, 0.2) is 0 Å². The summed E-state index contributed by atoms with van der Waals surface area (Å²) in [7, 11) is 1.42. The molecule has 0 unspecified atom stereocenters. The molecule has 5 nitrogen and oxygen atoms in total. The average Bonchev–Trinajstić information content (AvgIpc) is 2.05. The maximum atomic E-state index is 10.5. The molecular formula is C6H7N3O2. The Morgan fingerprint density at radius 2 is 2.45 bits per heavy atom. The normalized spacial score (nSPS) is 9.18. The number of hydrogen-bond acceptors (Lipinski definition) is 4. The molecule has 5 heteroatoms. The number of carbonyl (C=O) groups excluding carboxylic acids is 1. The summed E-state index contributed by atoms with van der Waals surface area (Å²) >= 11 is 0. The number of nitrogens with two attached hydrogens (primary N) is 1. The second-order valence-electron chi connectivity index (χ2n) is 1.79. The van der Waals surface area contributed by atoms with Gasteiger partial charge in [0, 0.05) is 6.20 Å². The first kappa shape index (κ1) is 7.46. The highest BCUT2D eigenvalue weighted by atomic mass is 16.5. The monoisotopic (exact) mass is 153 g/mol. The molecule has 1 aromatic heterocycles. The second kappa shape index (κ2) is 2.96. The van der Waals surface area contributed by atoms with Gasteiger partial charge in [0.25, 0.3) is 5.91 Å². The van der Waals surface area contributed by atoms with E-state index in [0.29, 0.717) is 0 Å². The predicted molar refractivity (Wildman–Crippen MR) is 37.1 cm³/mol. The van der Waals surface area contributed by atoms with E-state index in [4.69, 9.17) is 5.73 Å². The Morgan fingerprint density at radius 1 is 1.73 bits per heavy atom. The smallest absolute Gasteiger partial charge is 0.316 e. The number of ether oxygens (including phenoxy) is 1. The van der Waals surface area contributed by atoms with Crippen LogP contribution in [0.15, 0.2) is 12.3 Å². The summed E-state index contributed by atoms with van der Waals surface area (Å²) in [4.78, 5) is 17.9. The summed E-state index contributed by atoms with van der Waals surface area (Å²) < 4.78 is 4.68. The first-order valence-electron chi connectivity index (χ1n) is 2.91. The molecule has 0 aliphatic carbocycles. The minimum Gasteiger partial charge on any atom is -0.467 e. The van der Waals surface area contributed by atoms with Crippen LogP contribution >= 0.6 is 0 Å². The number of rotatable bonds is 2. The van der Waals surface area contributed by atoms with Crippen molar-refractivity contribution in [2.45, 2.75) is 0 Å². The van der Waals surface area contributed by atoms with E-state index in [2.05, 4.69) is 14.7 Å². The summed E-state index contributed by atoms with van der Waals surface area (Å²) in [5, 5.41) is 0. The molecule has 1 rings (SSSR count). The fourth-order valence-electron chi connectivity index (χ4n) is 0.576. The molecule has 0 saturated carbocycles. The minimum atomic E-state index is -0.592. The van der Waals surface area contributed by atoms with Crippen molar-refractivity contribution in [1.29, 1.82) is 0 Å². The van der Waals surface area contributed by atoms with Crippen LogP contribution < -0.4 is 10.5 Å². The van der Waals surface area contributed by atoms with Gasteiger partial charge in [-0.1, -0.05) is 0 Å². The fraction of sp³-hybridized carbons (Fsp3) is 0.167. The number of amides is 1. The van der Waals surface area contributed by atoms with Gasteiger partial charge in [-0.05, 0) is 6.07 Å². The Balaban J connectivity index is 3.01. The maximum absolute atomic E-state index is 10.5. The van der Waals surface area contributed by atoms with Crippen molar-refractivity contribution < 1.29 is 9.53 Å². The van der Waals surface area contributed by atoms with Gasteiger partial charge in [0.2, 0.25) is 0 Å². The maximum Gasteiger partial charge on any atom is 0.316 e. The summed E-state index contributed by atoms with van der Waals surface area (Å²) in [6.07, 6.45) is 1.41. The average molecular weight is 153 g/mol. The van der Waals surface area contributed by atoms with Crippen LogP contribution in [0.4, 0.5) is 0 Å². The SMILES string of the molecule is COc1nccc(C(N)=O)n1. The topological polar surface area (TPSA) is 78.1 Å². The van der Waals surface area contributed by atoms with Crippen LogP contribution in [0.2, 0.25) is 0 Å². The number of carbonyl (C=O) groups is 1. The van der Waals surface area contributed by atoms with Crippen molar-refractivity contribution in [3.05, 3.63) is 18.0 Å². The largest absolute Gasteiger partial charge is 0.467 e. The van der Waals surface area contributed by atoms with Gasteiger partial charge in [-0.3, -0.25) is 4.79 Å². The van der Waals surface area contributed by atoms with Gasteiger partial charge in [-0.2, -0.15) is 4.98 Å². The van der Waals surface area contributed by atoms with Crippen molar-refractivity contribution in [2.24, 2.45) is 5.73 Å². The van der Waals surface area contributed by atoms with Crippen molar-refractivity contribution in [1.82, 2.24) is 9.97 Å². The van der Waals surface area contributed by atoms with Gasteiger partial charge in [-0.15, -0.1) is 0 Å². The quantitative estimate of drug-likeness (QED) is 0.626. The Labute approximate surface area is 63.2 Å². The van der Waals surface area contributed by atoms with Gasteiger partial charge in [-0.25, -0.2) is 4.98 Å². The Morgan fingerprint density at radius 3 is 3.00 bits per heavy atom. The fourth-order valence-corrected chi connectivity index (χ4v) is 0.576. The molecule has 1 aromatic rings. The first-order valence-corrected chi connectivity index (χ1v) is 2.91. The predicted octanol–water partition coefficient (Wildman–Crippen LogP) is -0.416. The van der Waals surface area contributed by atoms with Crippen LogP contribution in [0.3, 0.4) is 0 Å². The number of nitrogens with zero attached hydrogens (tertiary/aromatic N) is 2. The molecule has 0 aliphatic rings. The summed E-state index contributed by atoms with van der Waals surface area (Å²) in [6.45, 7) is 0. The van der Waals surface area contributed by atoms with E-state index in [0.717, 1.165) is 0 Å². The molecule has 0 spiro atoms. The molecule has 1 heterocycles. The Kier molecular flexibility index (Phi) is 2.00. The number of hydrogen-bond donors (Lipinski definition) is 1. The van der Waals surface area contributed by atoms with Gasteiger partial charge < -0.3 is 10.5 Å². The van der Waals surface area contributed by atoms with Gasteiger partial charge >= 0.3 is 6.01 Å². The zero-order chi connectivity index (χ0) is 8.27. The van der Waals surface area contributed by atoms with Crippen LogP contribution in [-0.2, 0) is 0 Å². The third-order valence-electron chi connectivity index (χ3n) is 1.07. The van der Waals surface area contributed by atoms with Crippen molar-refractivity contribution in [3.63, 3.8) is 0 Å². The zero-order valence-corrected chi connectivity index (χ0v) is 5.94. The van der Waals surface area contributed by atoms with Crippen LogP contribution in [0.5, 0.6) is 6.01 Å². The highest BCUT2D eigenvalue weighted by molar-refractivity contribution is 5.90. The first-order chi connectivity index (χ1) is 5.24. The molecular weight excluding hydrogens is 146 g/mol. The molecule has 11 heavy (non-hydrogen) atoms. The van der Waals surface area contributed by atoms with Crippen molar-refractivity contribution in [3.8, 4) is 6.01 Å². The molecule has 0 saturated heterocycles. The highest BCUT2D eigenvalue weighted by Gasteiger charge is 2.02. The Hall–Kier alpha value is -1.65. The highest BCUT2D eigenvalue weighted by Crippen LogP contribution is 2.00. The summed E-state index contributed by atoms with van der Waals surface area (Å²) in [6, 6.07) is 1.56. The molecule has 0 aromatic carbocycles. The lowest BCUT2D eigenvalue weighted by Gasteiger charge is -1.96. The number of primary amides is 1. The van der Waals surface area contributed by atoms with E-state index in [1.54, 1.807) is 0 Å². The third kappa shape index (κ3) is 1.64. The lowest BCUT2D eigenvalue weighted by molar-refractivity contribution is 0.0994. The van der Waals surface area contributed by atoms with Crippen molar-refractivity contribution >= 4 is 5.91 Å². The third-order valence-corrected chi connectivity index (χ3v) is 1.07. The van der Waals surface area contributed by atoms with E-state index < -0.39 is 5.91 Å². The van der Waals surface area contributed by atoms with Crippen LogP contribution in [0.1, 0.15) is 10.5 Å². The van der Waals surface area contributed by atoms with Crippen LogP contribution in [-0.4, -0.2) is 23.0 Å². The lowest BCUT2D eigenvalue weighted by atomic mass is 10.4. The standard InChI is InChI=1S/C6H7N3O2/c1-11-6-8-3-2-4(9-6)5(7)10/h2-3H,1H3,(H2,7,10). The lowest BCUT2D eigenvalue weighted by Crippen LogP contribution is -2.13. The molecule has 0 aliphatic heterocycles. The summed E-state index contributed by atoms with van der Waals surface area (Å²) in [5.41, 5.74) is 5.10. The van der Waals surface area contributed by atoms with Crippen LogP contribution in [0.25, 0.3) is 0 Å². The van der Waals surface area contributed by atoms with Crippen molar-refractivity contribution in [2.75, 3.05) is 7.11 Å². The minimum absolute atomic E-state index is 0.140. The molecule has 2 N–H and O–H groups in total. The molecule has 0 radical (unpaired) electrons. The van der Waals surface area contributed by atoms with E-state index in [1.807, 2.05) is 0 Å². The number of aromatic nitrogens is 2. The van der Waals surface area contributed by atoms with Crippen LogP contribution in [0, 0.1) is 0 Å². The molecule has 0 atom stereocenters.